The molecule has 1 aromatic rings. The van der Waals surface area contributed by atoms with Crippen LogP contribution in [0.15, 0.2) is 4.90 Å². The van der Waals surface area contributed by atoms with Crippen molar-refractivity contribution in [2.75, 3.05) is 0 Å². The van der Waals surface area contributed by atoms with Gasteiger partial charge in [-0.25, -0.2) is 0 Å². The molecule has 66 valence electrons. The van der Waals surface area contributed by atoms with E-state index in [-0.39, 0.29) is 0 Å². The molecule has 0 fully saturated rings. The van der Waals surface area contributed by atoms with Gasteiger partial charge in [-0.2, -0.15) is 0 Å². The molecular formula is C11H16S. The molecule has 0 amide bonds. The van der Waals surface area contributed by atoms with Crippen LogP contribution >= 0.6 is 12.6 Å². The van der Waals surface area contributed by atoms with E-state index in [0.717, 1.165) is 4.90 Å². The number of benzene rings is 1. The van der Waals surface area contributed by atoms with E-state index in [1.54, 1.807) is 0 Å². The Morgan fingerprint density at radius 1 is 0.583 bits per heavy atom. The second-order valence-corrected chi connectivity index (χ2v) is 3.92. The molecule has 0 bridgehead atoms. The summed E-state index contributed by atoms with van der Waals surface area (Å²) in [5.74, 6) is 0. The third-order valence-electron chi connectivity index (χ3n) is 2.96. The van der Waals surface area contributed by atoms with Gasteiger partial charge in [0.15, 0.2) is 0 Å². The molecule has 0 aromatic heterocycles. The number of rotatable bonds is 0. The highest BCUT2D eigenvalue weighted by Gasteiger charge is 2.08. The van der Waals surface area contributed by atoms with Crippen LogP contribution in [0.1, 0.15) is 27.8 Å². The summed E-state index contributed by atoms with van der Waals surface area (Å²) in [5, 5.41) is 0. The van der Waals surface area contributed by atoms with Gasteiger partial charge in [0.2, 0.25) is 0 Å². The zero-order valence-electron chi connectivity index (χ0n) is 8.45. The summed E-state index contributed by atoms with van der Waals surface area (Å²) >= 11 is 4.50. The van der Waals surface area contributed by atoms with Crippen molar-refractivity contribution in [2.24, 2.45) is 0 Å². The first kappa shape index (κ1) is 9.66. The van der Waals surface area contributed by atoms with Crippen molar-refractivity contribution in [3.05, 3.63) is 27.8 Å². The fraction of sp³-hybridized carbons (Fsp3) is 0.455. The Balaban J connectivity index is 3.60. The van der Waals surface area contributed by atoms with Crippen molar-refractivity contribution in [3.8, 4) is 0 Å². The van der Waals surface area contributed by atoms with Gasteiger partial charge in [-0.05, 0) is 62.4 Å². The molecule has 0 nitrogen and oxygen atoms in total. The molecule has 0 aliphatic heterocycles. The minimum Gasteiger partial charge on any atom is -0.143 e. The van der Waals surface area contributed by atoms with Gasteiger partial charge in [0.05, 0.1) is 0 Å². The fourth-order valence-electron chi connectivity index (χ4n) is 1.48. The summed E-state index contributed by atoms with van der Waals surface area (Å²) in [6.45, 7) is 10.8. The molecular weight excluding hydrogens is 164 g/mol. The zero-order valence-corrected chi connectivity index (χ0v) is 9.34. The molecule has 0 saturated carbocycles. The SMILES string of the molecule is Cc1c(C)c(C)c(S)c(C)c1C. The Bertz CT molecular complexity index is 219. The summed E-state index contributed by atoms with van der Waals surface area (Å²) in [4.78, 5) is 1.15. The van der Waals surface area contributed by atoms with E-state index >= 15 is 0 Å². The second-order valence-electron chi connectivity index (χ2n) is 3.47. The highest BCUT2D eigenvalue weighted by molar-refractivity contribution is 7.80. The van der Waals surface area contributed by atoms with Gasteiger partial charge in [-0.1, -0.05) is 0 Å². The Labute approximate surface area is 80.4 Å². The van der Waals surface area contributed by atoms with Crippen molar-refractivity contribution in [2.45, 2.75) is 39.5 Å². The summed E-state index contributed by atoms with van der Waals surface area (Å²) in [6, 6.07) is 0. The van der Waals surface area contributed by atoms with Crippen molar-refractivity contribution in [3.63, 3.8) is 0 Å². The predicted octanol–water partition coefficient (Wildman–Crippen LogP) is 3.52. The third-order valence-corrected chi connectivity index (χ3v) is 3.63. The van der Waals surface area contributed by atoms with E-state index in [9.17, 15) is 0 Å². The van der Waals surface area contributed by atoms with Crippen LogP contribution in [-0.4, -0.2) is 0 Å². The van der Waals surface area contributed by atoms with Crippen LogP contribution < -0.4 is 0 Å². The average molecular weight is 180 g/mol. The van der Waals surface area contributed by atoms with Crippen molar-refractivity contribution < 1.29 is 0 Å². The molecule has 12 heavy (non-hydrogen) atoms. The number of hydrogen-bond acceptors (Lipinski definition) is 1. The largest absolute Gasteiger partial charge is 0.143 e. The van der Waals surface area contributed by atoms with Gasteiger partial charge >= 0.3 is 0 Å². The topological polar surface area (TPSA) is 0 Å². The molecule has 1 aromatic carbocycles. The zero-order chi connectivity index (χ0) is 9.46. The van der Waals surface area contributed by atoms with E-state index in [1.807, 2.05) is 0 Å². The molecule has 0 atom stereocenters. The van der Waals surface area contributed by atoms with Crippen molar-refractivity contribution in [1.29, 1.82) is 0 Å². The van der Waals surface area contributed by atoms with Crippen LogP contribution in [0, 0.1) is 34.6 Å². The molecule has 0 spiro atoms. The Hall–Kier alpha value is -0.430. The maximum Gasteiger partial charge on any atom is 0.0104 e. The van der Waals surface area contributed by atoms with Crippen LogP contribution in [0.2, 0.25) is 0 Å². The molecule has 0 aliphatic rings. The standard InChI is InChI=1S/C11H16S/c1-6-7(2)9(4)11(12)10(5)8(6)3/h12H,1-5H3. The monoisotopic (exact) mass is 180 g/mol. The lowest BCUT2D eigenvalue weighted by Crippen LogP contribution is -1.96. The van der Waals surface area contributed by atoms with Crippen molar-refractivity contribution in [1.82, 2.24) is 0 Å². The van der Waals surface area contributed by atoms with Crippen LogP contribution in [0.5, 0.6) is 0 Å². The third kappa shape index (κ3) is 1.27. The normalized spacial score (nSPS) is 10.5. The van der Waals surface area contributed by atoms with Crippen LogP contribution in [-0.2, 0) is 0 Å². The molecule has 0 aliphatic carbocycles. The highest BCUT2D eigenvalue weighted by Crippen LogP contribution is 2.27. The smallest absolute Gasteiger partial charge is 0.0104 e. The highest BCUT2D eigenvalue weighted by atomic mass is 32.1. The Kier molecular flexibility index (Phi) is 2.52. The summed E-state index contributed by atoms with van der Waals surface area (Å²) in [5.41, 5.74) is 6.80. The molecule has 0 unspecified atom stereocenters. The minimum atomic E-state index is 1.15. The Morgan fingerprint density at radius 3 is 1.17 bits per heavy atom. The van der Waals surface area contributed by atoms with Crippen LogP contribution in [0.4, 0.5) is 0 Å². The first-order valence-corrected chi connectivity index (χ1v) is 4.67. The van der Waals surface area contributed by atoms with Crippen LogP contribution in [0.3, 0.4) is 0 Å². The first-order chi connectivity index (χ1) is 5.46. The quantitative estimate of drug-likeness (QED) is 0.580. The predicted molar refractivity (Wildman–Crippen MR) is 57.4 cm³/mol. The summed E-state index contributed by atoms with van der Waals surface area (Å²) in [7, 11) is 0. The molecule has 0 heterocycles. The van der Waals surface area contributed by atoms with Gasteiger partial charge in [0.25, 0.3) is 0 Å². The van der Waals surface area contributed by atoms with E-state index < -0.39 is 0 Å². The van der Waals surface area contributed by atoms with E-state index in [4.69, 9.17) is 0 Å². The molecule has 1 heteroatoms. The lowest BCUT2D eigenvalue weighted by atomic mass is 9.95. The number of thiol groups is 1. The van der Waals surface area contributed by atoms with Gasteiger partial charge in [0.1, 0.15) is 0 Å². The lowest BCUT2D eigenvalue weighted by Gasteiger charge is -2.14. The first-order valence-electron chi connectivity index (χ1n) is 4.22. The second kappa shape index (κ2) is 3.14. The summed E-state index contributed by atoms with van der Waals surface area (Å²) < 4.78 is 0. The van der Waals surface area contributed by atoms with Gasteiger partial charge in [-0.3, -0.25) is 0 Å². The number of hydrogen-bond donors (Lipinski definition) is 1. The van der Waals surface area contributed by atoms with Crippen molar-refractivity contribution >= 4 is 12.6 Å². The van der Waals surface area contributed by atoms with E-state index in [2.05, 4.69) is 47.2 Å². The minimum absolute atomic E-state index is 1.15. The van der Waals surface area contributed by atoms with Crippen LogP contribution in [0.25, 0.3) is 0 Å². The molecule has 0 radical (unpaired) electrons. The van der Waals surface area contributed by atoms with Gasteiger partial charge < -0.3 is 0 Å². The maximum atomic E-state index is 4.50. The van der Waals surface area contributed by atoms with Gasteiger partial charge in [-0.15, -0.1) is 12.6 Å². The molecule has 0 saturated heterocycles. The lowest BCUT2D eigenvalue weighted by molar-refractivity contribution is 1.10. The fourth-order valence-corrected chi connectivity index (χ4v) is 1.82. The summed E-state index contributed by atoms with van der Waals surface area (Å²) in [6.07, 6.45) is 0. The van der Waals surface area contributed by atoms with E-state index in [0.29, 0.717) is 0 Å². The average Bonchev–Trinajstić information content (AvgIpc) is 2.08. The van der Waals surface area contributed by atoms with Gasteiger partial charge in [0, 0.05) is 4.90 Å². The molecule has 0 N–H and O–H groups in total. The maximum absolute atomic E-state index is 4.50. The van der Waals surface area contributed by atoms with E-state index in [1.165, 1.54) is 27.8 Å². The molecule has 1 rings (SSSR count). The Morgan fingerprint density at radius 2 is 0.833 bits per heavy atom.